The van der Waals surface area contributed by atoms with E-state index >= 15 is 0 Å². The first-order chi connectivity index (χ1) is 10.1. The number of fused-ring (bicyclic) bond motifs is 1. The molecule has 0 spiro atoms. The zero-order chi connectivity index (χ0) is 15.0. The number of halogens is 2. The monoisotopic (exact) mass is 363 g/mol. The summed E-state index contributed by atoms with van der Waals surface area (Å²) >= 11 is 9.34. The lowest BCUT2D eigenvalue weighted by Gasteiger charge is -2.17. The van der Waals surface area contributed by atoms with E-state index < -0.39 is 11.6 Å². The van der Waals surface area contributed by atoms with Crippen LogP contribution in [0.1, 0.15) is 20.8 Å². The average molecular weight is 365 g/mol. The first-order valence-electron chi connectivity index (χ1n) is 5.89. The fourth-order valence-corrected chi connectivity index (χ4v) is 2.40. The van der Waals surface area contributed by atoms with Crippen LogP contribution in [0.4, 0.5) is 5.69 Å². The molecule has 21 heavy (non-hydrogen) atoms. The summed E-state index contributed by atoms with van der Waals surface area (Å²) in [4.78, 5) is 32.1. The summed E-state index contributed by atoms with van der Waals surface area (Å²) in [5.41, 5.74) is 0.854. The van der Waals surface area contributed by atoms with Crippen LogP contribution in [0.5, 0.6) is 0 Å². The highest BCUT2D eigenvalue weighted by Crippen LogP contribution is 2.28. The van der Waals surface area contributed by atoms with Crippen LogP contribution in [0.25, 0.3) is 0 Å². The van der Waals surface area contributed by atoms with Gasteiger partial charge in [-0.2, -0.15) is 0 Å². The molecule has 1 N–H and O–H groups in total. The van der Waals surface area contributed by atoms with E-state index in [-0.39, 0.29) is 22.0 Å². The molecule has 1 aromatic carbocycles. The molecule has 0 saturated carbocycles. The van der Waals surface area contributed by atoms with Crippen molar-refractivity contribution < 1.29 is 9.59 Å². The van der Waals surface area contributed by atoms with Crippen molar-refractivity contribution in [2.45, 2.75) is 0 Å². The van der Waals surface area contributed by atoms with E-state index in [4.69, 9.17) is 11.6 Å². The highest BCUT2D eigenvalue weighted by Gasteiger charge is 2.32. The zero-order valence-corrected chi connectivity index (χ0v) is 12.8. The van der Waals surface area contributed by atoms with Crippen molar-refractivity contribution in [1.29, 1.82) is 0 Å². The quantitative estimate of drug-likeness (QED) is 0.886. The van der Waals surface area contributed by atoms with Gasteiger partial charge in [0.1, 0.15) is 22.8 Å². The highest BCUT2D eigenvalue weighted by molar-refractivity contribution is 9.10. The van der Waals surface area contributed by atoms with Gasteiger partial charge in [-0.15, -0.1) is 0 Å². The van der Waals surface area contributed by atoms with E-state index in [2.05, 4.69) is 31.2 Å². The SMILES string of the molecule is O=C1C(Nc2ccc(Br)cc2)=C(Cl)C(=O)c2ncncc21. The van der Waals surface area contributed by atoms with Gasteiger partial charge in [-0.25, -0.2) is 9.97 Å². The summed E-state index contributed by atoms with van der Waals surface area (Å²) in [5.74, 6) is -0.897. The number of rotatable bonds is 2. The van der Waals surface area contributed by atoms with Gasteiger partial charge in [0, 0.05) is 16.4 Å². The molecule has 0 atom stereocenters. The van der Waals surface area contributed by atoms with Gasteiger partial charge < -0.3 is 5.32 Å². The summed E-state index contributed by atoms with van der Waals surface area (Å²) in [6.07, 6.45) is 2.52. The largest absolute Gasteiger partial charge is 0.351 e. The second-order valence-corrected chi connectivity index (χ2v) is 5.56. The van der Waals surface area contributed by atoms with Gasteiger partial charge in [-0.05, 0) is 24.3 Å². The first-order valence-corrected chi connectivity index (χ1v) is 7.07. The number of benzene rings is 1. The summed E-state index contributed by atoms with van der Waals surface area (Å²) in [7, 11) is 0. The average Bonchev–Trinajstić information content (AvgIpc) is 2.51. The standard InChI is InChI=1S/C14H7BrClN3O2/c15-7-1-3-8(4-2-7)19-12-10(16)14(21)11-9(13(12)20)5-17-6-18-11/h1-6,19H. The Labute approximate surface area is 133 Å². The van der Waals surface area contributed by atoms with Gasteiger partial charge in [-0.1, -0.05) is 27.5 Å². The second kappa shape index (κ2) is 5.38. The molecule has 1 aromatic heterocycles. The molecule has 1 aliphatic rings. The molecule has 2 aromatic rings. The minimum Gasteiger partial charge on any atom is -0.351 e. The van der Waals surface area contributed by atoms with Gasteiger partial charge in [0.05, 0.1) is 5.56 Å². The molecule has 0 saturated heterocycles. The second-order valence-electron chi connectivity index (χ2n) is 4.26. The lowest BCUT2D eigenvalue weighted by molar-refractivity contribution is 0.0977. The zero-order valence-electron chi connectivity index (χ0n) is 10.4. The fourth-order valence-electron chi connectivity index (χ4n) is 1.92. The summed E-state index contributed by atoms with van der Waals surface area (Å²) in [6, 6.07) is 7.14. The van der Waals surface area contributed by atoms with E-state index in [1.165, 1.54) is 12.5 Å². The Hall–Kier alpha value is -2.05. The van der Waals surface area contributed by atoms with Crippen LogP contribution in [0.2, 0.25) is 0 Å². The van der Waals surface area contributed by atoms with E-state index in [0.717, 1.165) is 4.47 Å². The Balaban J connectivity index is 2.02. The van der Waals surface area contributed by atoms with Crippen LogP contribution in [-0.2, 0) is 0 Å². The number of aromatic nitrogens is 2. The summed E-state index contributed by atoms with van der Waals surface area (Å²) < 4.78 is 0.901. The van der Waals surface area contributed by atoms with E-state index in [1.54, 1.807) is 12.1 Å². The van der Waals surface area contributed by atoms with E-state index in [0.29, 0.717) is 5.69 Å². The number of nitrogens with one attached hydrogen (secondary N) is 1. The van der Waals surface area contributed by atoms with Gasteiger partial charge in [0.2, 0.25) is 11.6 Å². The van der Waals surface area contributed by atoms with Crippen molar-refractivity contribution in [3.05, 3.63) is 63.2 Å². The molecule has 7 heteroatoms. The number of hydrogen-bond donors (Lipinski definition) is 1. The molecule has 1 aliphatic carbocycles. The maximum Gasteiger partial charge on any atom is 0.225 e. The molecule has 0 amide bonds. The minimum absolute atomic E-state index is 0.0290. The summed E-state index contributed by atoms with van der Waals surface area (Å²) in [5, 5.41) is 2.71. The van der Waals surface area contributed by atoms with Gasteiger partial charge in [0.15, 0.2) is 0 Å². The predicted octanol–water partition coefficient (Wildman–Crippen LogP) is 3.18. The third-order valence-corrected chi connectivity index (χ3v) is 3.82. The lowest BCUT2D eigenvalue weighted by Crippen LogP contribution is -2.25. The molecular weight excluding hydrogens is 358 g/mol. The van der Waals surface area contributed by atoms with Crippen molar-refractivity contribution in [3.8, 4) is 0 Å². The Morgan fingerprint density at radius 1 is 1.10 bits per heavy atom. The van der Waals surface area contributed by atoms with Crippen molar-refractivity contribution in [2.75, 3.05) is 5.32 Å². The van der Waals surface area contributed by atoms with Crippen LogP contribution in [0.15, 0.2) is 52.0 Å². The number of nitrogens with zero attached hydrogens (tertiary/aromatic N) is 2. The molecular formula is C14H7BrClN3O2. The third kappa shape index (κ3) is 2.48. The Bertz CT molecular complexity index is 787. The molecule has 0 bridgehead atoms. The maximum absolute atomic E-state index is 12.4. The Morgan fingerprint density at radius 2 is 1.81 bits per heavy atom. The van der Waals surface area contributed by atoms with Crippen molar-refractivity contribution in [2.24, 2.45) is 0 Å². The minimum atomic E-state index is -0.492. The molecule has 0 radical (unpaired) electrons. The molecule has 5 nitrogen and oxygen atoms in total. The molecule has 0 unspecified atom stereocenters. The lowest BCUT2D eigenvalue weighted by atomic mass is 9.98. The number of carbonyl (C=O) groups is 2. The van der Waals surface area contributed by atoms with Crippen molar-refractivity contribution in [1.82, 2.24) is 9.97 Å². The number of ketones is 2. The number of Topliss-reactive ketones (excluding diaryl/α,β-unsaturated/α-hetero) is 2. The topological polar surface area (TPSA) is 72.0 Å². The number of anilines is 1. The molecule has 0 aliphatic heterocycles. The van der Waals surface area contributed by atoms with Crippen LogP contribution < -0.4 is 5.32 Å². The first kappa shape index (κ1) is 13.9. The Kier molecular flexibility index (Phi) is 3.57. The highest BCUT2D eigenvalue weighted by atomic mass is 79.9. The predicted molar refractivity (Wildman–Crippen MR) is 81.3 cm³/mol. The third-order valence-electron chi connectivity index (χ3n) is 2.93. The van der Waals surface area contributed by atoms with E-state index in [1.807, 2.05) is 12.1 Å². The molecule has 1 heterocycles. The Morgan fingerprint density at radius 3 is 2.52 bits per heavy atom. The molecule has 104 valence electrons. The van der Waals surface area contributed by atoms with Gasteiger partial charge in [-0.3, -0.25) is 9.59 Å². The molecule has 3 rings (SSSR count). The molecule has 0 fully saturated rings. The van der Waals surface area contributed by atoms with Crippen LogP contribution in [-0.4, -0.2) is 21.5 Å². The van der Waals surface area contributed by atoms with Crippen LogP contribution in [0, 0.1) is 0 Å². The number of carbonyl (C=O) groups excluding carboxylic acids is 2. The summed E-state index contributed by atoms with van der Waals surface area (Å²) in [6.45, 7) is 0. The van der Waals surface area contributed by atoms with E-state index in [9.17, 15) is 9.59 Å². The van der Waals surface area contributed by atoms with Crippen molar-refractivity contribution >= 4 is 44.8 Å². The van der Waals surface area contributed by atoms with Crippen molar-refractivity contribution in [3.63, 3.8) is 0 Å². The van der Waals surface area contributed by atoms with Gasteiger partial charge in [0.25, 0.3) is 0 Å². The number of allylic oxidation sites excluding steroid dienone is 2. The fraction of sp³-hybridized carbons (Fsp3) is 0. The maximum atomic E-state index is 12.4. The van der Waals surface area contributed by atoms with Crippen LogP contribution in [0.3, 0.4) is 0 Å². The smallest absolute Gasteiger partial charge is 0.225 e. The van der Waals surface area contributed by atoms with Gasteiger partial charge >= 0.3 is 0 Å². The van der Waals surface area contributed by atoms with Crippen LogP contribution >= 0.6 is 27.5 Å². The normalized spacial score (nSPS) is 14.2. The number of hydrogen-bond acceptors (Lipinski definition) is 5.